The van der Waals surface area contributed by atoms with Crippen LogP contribution in [-0.4, -0.2) is 0 Å². The first kappa shape index (κ1) is 9.55. The molecule has 3 rings (SSSR count). The second-order valence-electron chi connectivity index (χ2n) is 3.32. The van der Waals surface area contributed by atoms with Gasteiger partial charge in [0.15, 0.2) is 0 Å². The second kappa shape index (κ2) is 3.63. The fourth-order valence-corrected chi connectivity index (χ4v) is 1.93. The van der Waals surface area contributed by atoms with Gasteiger partial charge >= 0.3 is 0 Å². The van der Waals surface area contributed by atoms with Crippen molar-refractivity contribution in [2.75, 3.05) is 0 Å². The minimum atomic E-state index is 0. The van der Waals surface area contributed by atoms with Crippen molar-refractivity contribution in [3.63, 3.8) is 0 Å². The molecule has 1 aliphatic carbocycles. The first-order valence-corrected chi connectivity index (χ1v) is 4.48. The van der Waals surface area contributed by atoms with Gasteiger partial charge in [0.05, 0.1) is 0 Å². The van der Waals surface area contributed by atoms with Gasteiger partial charge in [0, 0.05) is 21.1 Å². The molecule has 0 unspecified atom stereocenters. The summed E-state index contributed by atoms with van der Waals surface area (Å²) in [5.74, 6) is 0. The molecule has 1 aliphatic rings. The third-order valence-electron chi connectivity index (χ3n) is 2.52. The van der Waals surface area contributed by atoms with Gasteiger partial charge in [-0.3, -0.25) is 0 Å². The zero-order valence-electron chi connectivity index (χ0n) is 7.60. The van der Waals surface area contributed by atoms with Crippen molar-refractivity contribution in [3.05, 3.63) is 60.0 Å². The van der Waals surface area contributed by atoms with Gasteiger partial charge in [0.1, 0.15) is 0 Å². The van der Waals surface area contributed by atoms with Crippen LogP contribution in [0.3, 0.4) is 0 Å². The van der Waals surface area contributed by atoms with E-state index in [1.165, 1.54) is 21.9 Å². The van der Waals surface area contributed by atoms with Crippen LogP contribution in [0.15, 0.2) is 42.5 Å². The molecule has 0 saturated carbocycles. The minimum absolute atomic E-state index is 0. The van der Waals surface area contributed by atoms with Crippen LogP contribution in [0.25, 0.3) is 16.8 Å². The molecule has 0 bridgehead atoms. The van der Waals surface area contributed by atoms with Crippen LogP contribution in [0, 0.1) is 6.42 Å². The summed E-state index contributed by atoms with van der Waals surface area (Å²) >= 11 is 0. The Labute approximate surface area is 97.9 Å². The van der Waals surface area contributed by atoms with E-state index in [4.69, 9.17) is 0 Å². The molecule has 0 heterocycles. The molecule has 0 N–H and O–H groups in total. The minimum Gasteiger partial charge on any atom is -0.145 e. The second-order valence-corrected chi connectivity index (χ2v) is 3.32. The molecule has 14 heavy (non-hydrogen) atoms. The number of rotatable bonds is 0. The van der Waals surface area contributed by atoms with Crippen molar-refractivity contribution in [2.45, 2.75) is 0 Å². The first-order valence-electron chi connectivity index (χ1n) is 4.48. The van der Waals surface area contributed by atoms with E-state index in [0.717, 1.165) is 0 Å². The smallest absolute Gasteiger partial charge is 0 e. The Balaban J connectivity index is 0.000000750. The van der Waals surface area contributed by atoms with Crippen LogP contribution >= 0.6 is 0 Å². The zero-order chi connectivity index (χ0) is 8.67. The van der Waals surface area contributed by atoms with Crippen molar-refractivity contribution in [1.29, 1.82) is 0 Å². The standard InChI is InChI=1S/C13H9.Mo/c1-4-10-6-2-8-12-9-3-7-11(5-1)13(10)12;/h1-9H;/q-1;. The van der Waals surface area contributed by atoms with Gasteiger partial charge in [-0.15, -0.1) is 41.8 Å². The summed E-state index contributed by atoms with van der Waals surface area (Å²) in [6.45, 7) is 0. The fraction of sp³-hybridized carbons (Fsp3) is 0. The van der Waals surface area contributed by atoms with Crippen LogP contribution in [0.1, 0.15) is 11.1 Å². The number of benzene rings is 2. The topological polar surface area (TPSA) is 0 Å². The van der Waals surface area contributed by atoms with Crippen molar-refractivity contribution in [3.8, 4) is 0 Å². The Morgan fingerprint density at radius 1 is 0.929 bits per heavy atom. The molecule has 0 fully saturated rings. The maximum atomic E-state index is 2.16. The third kappa shape index (κ3) is 1.31. The first-order chi connectivity index (χ1) is 6.45. The molecule has 0 atom stereocenters. The van der Waals surface area contributed by atoms with Gasteiger partial charge in [-0.1, -0.05) is 35.0 Å². The van der Waals surface area contributed by atoms with Crippen LogP contribution in [0.2, 0.25) is 0 Å². The molecular weight excluding hydrogens is 252 g/mol. The van der Waals surface area contributed by atoms with Crippen LogP contribution in [0.4, 0.5) is 0 Å². The quantitative estimate of drug-likeness (QED) is 0.503. The Morgan fingerprint density at radius 2 is 1.71 bits per heavy atom. The van der Waals surface area contributed by atoms with Gasteiger partial charge in [0.2, 0.25) is 0 Å². The van der Waals surface area contributed by atoms with E-state index in [9.17, 15) is 0 Å². The molecule has 0 nitrogen and oxygen atoms in total. The van der Waals surface area contributed by atoms with E-state index < -0.39 is 0 Å². The van der Waals surface area contributed by atoms with Crippen LogP contribution in [0.5, 0.6) is 0 Å². The van der Waals surface area contributed by atoms with E-state index in [1.807, 2.05) is 0 Å². The summed E-state index contributed by atoms with van der Waals surface area (Å²) in [6.07, 6.45) is 6.43. The monoisotopic (exact) mass is 263 g/mol. The van der Waals surface area contributed by atoms with Gasteiger partial charge in [-0.25, -0.2) is 0 Å². The van der Waals surface area contributed by atoms with Crippen molar-refractivity contribution in [2.24, 2.45) is 0 Å². The molecule has 0 aromatic heterocycles. The molecule has 0 spiro atoms. The van der Waals surface area contributed by atoms with Crippen molar-refractivity contribution >= 4 is 16.8 Å². The van der Waals surface area contributed by atoms with Gasteiger partial charge in [0.25, 0.3) is 0 Å². The summed E-state index contributed by atoms with van der Waals surface area (Å²) in [7, 11) is 0. The van der Waals surface area contributed by atoms with Crippen molar-refractivity contribution in [1.82, 2.24) is 0 Å². The molecule has 0 aliphatic heterocycles. The summed E-state index contributed by atoms with van der Waals surface area (Å²) < 4.78 is 0. The Kier molecular flexibility index (Phi) is 2.48. The number of allylic oxidation sites excluding steroid dienone is 1. The zero-order valence-corrected chi connectivity index (χ0v) is 9.61. The average Bonchev–Trinajstić information content (AvgIpc) is 2.19. The van der Waals surface area contributed by atoms with E-state index in [2.05, 4.69) is 55.0 Å². The van der Waals surface area contributed by atoms with E-state index in [-0.39, 0.29) is 21.1 Å². The number of hydrogen-bond acceptors (Lipinski definition) is 0. The Hall–Kier alpha value is -1.00. The number of hydrogen-bond donors (Lipinski definition) is 0. The third-order valence-corrected chi connectivity index (χ3v) is 2.52. The van der Waals surface area contributed by atoms with E-state index >= 15 is 0 Å². The summed E-state index contributed by atoms with van der Waals surface area (Å²) in [5, 5.41) is 2.71. The predicted molar refractivity (Wildman–Crippen MR) is 56.4 cm³/mol. The molecule has 0 radical (unpaired) electrons. The normalized spacial score (nSPS) is 12.0. The van der Waals surface area contributed by atoms with Gasteiger partial charge in [-0.05, 0) is 0 Å². The molecule has 0 saturated heterocycles. The van der Waals surface area contributed by atoms with Crippen molar-refractivity contribution < 1.29 is 21.1 Å². The molecule has 0 amide bonds. The fourth-order valence-electron chi connectivity index (χ4n) is 1.93. The maximum Gasteiger partial charge on any atom is 0 e. The largest absolute Gasteiger partial charge is 0.145 e. The van der Waals surface area contributed by atoms with Crippen LogP contribution in [-0.2, 0) is 21.1 Å². The van der Waals surface area contributed by atoms with E-state index in [0.29, 0.717) is 0 Å². The SMILES string of the molecule is C1=Cc2cccc3cccc(c23)[CH-]1.[Mo]. The Morgan fingerprint density at radius 3 is 2.57 bits per heavy atom. The average molecular weight is 261 g/mol. The molecule has 2 aromatic carbocycles. The molecule has 2 aromatic rings. The predicted octanol–water partition coefficient (Wildman–Crippen LogP) is 3.42. The van der Waals surface area contributed by atoms with Crippen LogP contribution < -0.4 is 0 Å². The van der Waals surface area contributed by atoms with Gasteiger partial charge in [-0.2, -0.15) is 0 Å². The summed E-state index contributed by atoms with van der Waals surface area (Å²) in [6, 6.07) is 12.9. The van der Waals surface area contributed by atoms with Gasteiger partial charge < -0.3 is 0 Å². The molecule has 1 heteroatoms. The summed E-state index contributed by atoms with van der Waals surface area (Å²) in [4.78, 5) is 0. The molecule has 68 valence electrons. The Bertz CT molecular complexity index is 492. The molecular formula is C13H9Mo-. The van der Waals surface area contributed by atoms with E-state index in [1.54, 1.807) is 0 Å². The maximum absolute atomic E-state index is 2.16. The summed E-state index contributed by atoms with van der Waals surface area (Å²) in [5.41, 5.74) is 2.66.